The summed E-state index contributed by atoms with van der Waals surface area (Å²) >= 11 is 6.25. The molecule has 3 aromatic rings. The second-order valence-corrected chi connectivity index (χ2v) is 6.40. The van der Waals surface area contributed by atoms with Crippen molar-refractivity contribution in [1.82, 2.24) is 0 Å². The van der Waals surface area contributed by atoms with Gasteiger partial charge in [0.1, 0.15) is 5.75 Å². The standard InChI is InChI=1S/C21H12ClN3O5/c22-18-11-14(10-16(13-23)15-4-2-1-3-5-15)6-8-20(18)30-21-9-7-17(24(26)27)12-19(21)25(28)29/h1-12H/b16-10+. The Morgan fingerprint density at radius 3 is 2.27 bits per heavy atom. The fourth-order valence-corrected chi connectivity index (χ4v) is 2.85. The van der Waals surface area contributed by atoms with Crippen LogP contribution in [0.15, 0.2) is 66.7 Å². The molecule has 9 heteroatoms. The van der Waals surface area contributed by atoms with Crippen LogP contribution in [-0.2, 0) is 0 Å². The maximum absolute atomic E-state index is 11.2. The lowest BCUT2D eigenvalue weighted by Gasteiger charge is -2.09. The zero-order valence-corrected chi connectivity index (χ0v) is 15.9. The first-order valence-corrected chi connectivity index (χ1v) is 8.84. The molecule has 30 heavy (non-hydrogen) atoms. The van der Waals surface area contributed by atoms with E-state index in [1.54, 1.807) is 18.2 Å². The van der Waals surface area contributed by atoms with Gasteiger partial charge in [-0.1, -0.05) is 48.0 Å². The number of nitrogens with zero attached hydrogens (tertiary/aromatic N) is 3. The zero-order valence-electron chi connectivity index (χ0n) is 15.2. The quantitative estimate of drug-likeness (QED) is 0.208. The predicted molar refractivity (Wildman–Crippen MR) is 111 cm³/mol. The molecule has 0 aromatic heterocycles. The Bertz CT molecular complexity index is 1200. The second kappa shape index (κ2) is 8.86. The normalized spacial score (nSPS) is 10.9. The molecule has 0 bridgehead atoms. The van der Waals surface area contributed by atoms with Crippen LogP contribution in [0.5, 0.6) is 11.5 Å². The number of halogens is 1. The van der Waals surface area contributed by atoms with Crippen molar-refractivity contribution in [3.63, 3.8) is 0 Å². The molecule has 0 amide bonds. The molecular formula is C21H12ClN3O5. The lowest BCUT2D eigenvalue weighted by molar-refractivity contribution is -0.394. The molecule has 0 fully saturated rings. The average molecular weight is 422 g/mol. The first kappa shape index (κ1) is 20.5. The highest BCUT2D eigenvalue weighted by molar-refractivity contribution is 6.32. The van der Waals surface area contributed by atoms with Gasteiger partial charge in [-0.05, 0) is 35.4 Å². The Morgan fingerprint density at radius 2 is 1.67 bits per heavy atom. The van der Waals surface area contributed by atoms with Crippen LogP contribution in [0.4, 0.5) is 11.4 Å². The summed E-state index contributed by atoms with van der Waals surface area (Å²) in [6.45, 7) is 0. The van der Waals surface area contributed by atoms with E-state index < -0.39 is 21.2 Å². The van der Waals surface area contributed by atoms with E-state index in [1.165, 1.54) is 6.07 Å². The van der Waals surface area contributed by atoms with Gasteiger partial charge in [0, 0.05) is 6.07 Å². The van der Waals surface area contributed by atoms with E-state index in [4.69, 9.17) is 16.3 Å². The summed E-state index contributed by atoms with van der Waals surface area (Å²) in [5, 5.41) is 31.7. The third-order valence-corrected chi connectivity index (χ3v) is 4.34. The molecule has 0 radical (unpaired) electrons. The molecule has 0 aliphatic carbocycles. The van der Waals surface area contributed by atoms with Crippen molar-refractivity contribution < 1.29 is 14.6 Å². The Balaban J connectivity index is 1.92. The van der Waals surface area contributed by atoms with Gasteiger partial charge in [0.25, 0.3) is 5.69 Å². The number of nitriles is 1. The van der Waals surface area contributed by atoms with Crippen molar-refractivity contribution in [3.8, 4) is 17.6 Å². The number of nitro benzene ring substituents is 2. The summed E-state index contributed by atoms with van der Waals surface area (Å²) in [6, 6.07) is 19.0. The highest BCUT2D eigenvalue weighted by Gasteiger charge is 2.21. The maximum Gasteiger partial charge on any atom is 0.318 e. The predicted octanol–water partition coefficient (Wildman–Crippen LogP) is 6.01. The molecule has 0 aliphatic heterocycles. The number of hydrogen-bond donors (Lipinski definition) is 0. The van der Waals surface area contributed by atoms with E-state index in [1.807, 2.05) is 30.3 Å². The summed E-state index contributed by atoms with van der Waals surface area (Å²) in [7, 11) is 0. The van der Waals surface area contributed by atoms with Crippen molar-refractivity contribution >= 4 is 34.6 Å². The van der Waals surface area contributed by atoms with E-state index in [9.17, 15) is 25.5 Å². The molecular weight excluding hydrogens is 410 g/mol. The zero-order chi connectivity index (χ0) is 21.7. The number of ether oxygens (including phenoxy) is 1. The molecule has 0 unspecified atom stereocenters. The van der Waals surface area contributed by atoms with E-state index >= 15 is 0 Å². The van der Waals surface area contributed by atoms with Crippen molar-refractivity contribution in [2.75, 3.05) is 0 Å². The summed E-state index contributed by atoms with van der Waals surface area (Å²) in [5.74, 6) is -0.0539. The molecule has 0 saturated heterocycles. The van der Waals surface area contributed by atoms with Gasteiger partial charge < -0.3 is 4.74 Å². The van der Waals surface area contributed by atoms with Crippen LogP contribution in [0, 0.1) is 31.6 Å². The number of rotatable bonds is 6. The lowest BCUT2D eigenvalue weighted by atomic mass is 10.0. The Labute approximate surface area is 175 Å². The molecule has 0 N–H and O–H groups in total. The van der Waals surface area contributed by atoms with Crippen LogP contribution in [0.2, 0.25) is 5.02 Å². The fraction of sp³-hybridized carbons (Fsp3) is 0. The van der Waals surface area contributed by atoms with Crippen LogP contribution in [-0.4, -0.2) is 9.85 Å². The van der Waals surface area contributed by atoms with Gasteiger partial charge in [-0.15, -0.1) is 0 Å². The first-order chi connectivity index (χ1) is 14.4. The second-order valence-electron chi connectivity index (χ2n) is 5.99. The third-order valence-electron chi connectivity index (χ3n) is 4.04. The summed E-state index contributed by atoms with van der Waals surface area (Å²) in [4.78, 5) is 20.6. The van der Waals surface area contributed by atoms with E-state index in [0.29, 0.717) is 11.1 Å². The van der Waals surface area contributed by atoms with Crippen LogP contribution >= 0.6 is 11.6 Å². The minimum Gasteiger partial charge on any atom is -0.449 e. The topological polar surface area (TPSA) is 119 Å². The summed E-state index contributed by atoms with van der Waals surface area (Å²) in [5.41, 5.74) is 0.834. The number of hydrogen-bond acceptors (Lipinski definition) is 6. The number of benzene rings is 3. The minimum atomic E-state index is -0.771. The Hall–Kier alpha value is -4.22. The minimum absolute atomic E-state index is 0.129. The van der Waals surface area contributed by atoms with Crippen LogP contribution in [0.3, 0.4) is 0 Å². The summed E-state index contributed by atoms with van der Waals surface area (Å²) < 4.78 is 5.53. The molecule has 3 aromatic carbocycles. The molecule has 148 valence electrons. The van der Waals surface area contributed by atoms with Gasteiger partial charge in [-0.2, -0.15) is 5.26 Å². The van der Waals surface area contributed by atoms with E-state index in [2.05, 4.69) is 6.07 Å². The van der Waals surface area contributed by atoms with Crippen molar-refractivity contribution in [2.24, 2.45) is 0 Å². The van der Waals surface area contributed by atoms with E-state index in [-0.39, 0.29) is 16.5 Å². The summed E-state index contributed by atoms with van der Waals surface area (Å²) in [6.07, 6.45) is 1.65. The monoisotopic (exact) mass is 421 g/mol. The SMILES string of the molecule is N#C/C(=C\c1ccc(Oc2ccc([N+](=O)[O-])cc2[N+](=O)[O-])c(Cl)c1)c1ccccc1. The van der Waals surface area contributed by atoms with Gasteiger partial charge in [0.2, 0.25) is 5.75 Å². The highest BCUT2D eigenvalue weighted by atomic mass is 35.5. The van der Waals surface area contributed by atoms with Crippen molar-refractivity contribution in [2.45, 2.75) is 0 Å². The molecule has 8 nitrogen and oxygen atoms in total. The largest absolute Gasteiger partial charge is 0.449 e. The first-order valence-electron chi connectivity index (χ1n) is 8.46. The van der Waals surface area contributed by atoms with Gasteiger partial charge in [0.15, 0.2) is 0 Å². The molecule has 0 atom stereocenters. The smallest absolute Gasteiger partial charge is 0.318 e. The molecule has 0 spiro atoms. The van der Waals surface area contributed by atoms with Gasteiger partial charge >= 0.3 is 5.69 Å². The van der Waals surface area contributed by atoms with E-state index in [0.717, 1.165) is 23.8 Å². The van der Waals surface area contributed by atoms with Crippen LogP contribution in [0.25, 0.3) is 11.6 Å². The van der Waals surface area contributed by atoms with Gasteiger partial charge in [-0.3, -0.25) is 20.2 Å². The number of allylic oxidation sites excluding steroid dienone is 1. The Kier molecular flexibility index (Phi) is 6.05. The fourth-order valence-electron chi connectivity index (χ4n) is 2.62. The number of non-ortho nitro benzene ring substituents is 1. The molecule has 0 heterocycles. The lowest BCUT2D eigenvalue weighted by Crippen LogP contribution is -1.96. The van der Waals surface area contributed by atoms with Crippen molar-refractivity contribution in [1.29, 1.82) is 5.26 Å². The van der Waals surface area contributed by atoms with Crippen molar-refractivity contribution in [3.05, 3.63) is 103 Å². The molecule has 0 saturated carbocycles. The molecule has 0 aliphatic rings. The maximum atomic E-state index is 11.2. The molecule has 3 rings (SSSR count). The average Bonchev–Trinajstić information content (AvgIpc) is 2.74. The highest BCUT2D eigenvalue weighted by Crippen LogP contribution is 2.37. The number of nitro groups is 2. The van der Waals surface area contributed by atoms with Crippen LogP contribution in [0.1, 0.15) is 11.1 Å². The third kappa shape index (κ3) is 4.60. The van der Waals surface area contributed by atoms with Gasteiger partial charge in [-0.25, -0.2) is 0 Å². The Morgan fingerprint density at radius 1 is 0.967 bits per heavy atom. The van der Waals surface area contributed by atoms with Crippen LogP contribution < -0.4 is 4.74 Å². The van der Waals surface area contributed by atoms with Gasteiger partial charge in [0.05, 0.1) is 32.6 Å².